The molecule has 2 aromatic rings. The first kappa shape index (κ1) is 27.4. The first-order valence-corrected chi connectivity index (χ1v) is 14.2. The number of carbonyl (C=O) groups is 3. The second kappa shape index (κ2) is 12.3. The number of nitrogens with zero attached hydrogens (tertiary/aromatic N) is 4. The second-order valence-electron chi connectivity index (χ2n) is 8.06. The molecule has 0 bridgehead atoms. The van der Waals surface area contributed by atoms with Gasteiger partial charge in [-0.2, -0.15) is 0 Å². The van der Waals surface area contributed by atoms with Gasteiger partial charge in [0, 0.05) is 28.8 Å². The quantitative estimate of drug-likeness (QED) is 0.120. The van der Waals surface area contributed by atoms with Gasteiger partial charge in [0.1, 0.15) is 29.4 Å². The first-order chi connectivity index (χ1) is 18.3. The zero-order chi connectivity index (χ0) is 27.2. The molecule has 2 amide bonds. The highest BCUT2D eigenvalue weighted by atomic mass is 32.2. The molecule has 14 heteroatoms. The molecular weight excluding hydrogens is 549 g/mol. The van der Waals surface area contributed by atoms with Gasteiger partial charge in [0.05, 0.1) is 0 Å². The summed E-state index contributed by atoms with van der Waals surface area (Å²) in [4.78, 5) is 52.8. The topological polar surface area (TPSA) is 160 Å². The Kier molecular flexibility index (Phi) is 8.86. The molecule has 38 heavy (non-hydrogen) atoms. The molecule has 1 unspecified atom stereocenters. The van der Waals surface area contributed by atoms with Gasteiger partial charge in [-0.3, -0.25) is 19.5 Å². The number of nitrogen functional groups attached to an aromatic ring is 1. The van der Waals surface area contributed by atoms with E-state index in [-0.39, 0.29) is 28.8 Å². The number of pyridine rings is 1. The van der Waals surface area contributed by atoms with Gasteiger partial charge in [-0.1, -0.05) is 23.9 Å². The molecule has 0 aliphatic carbocycles. The molecule has 0 saturated carbocycles. The summed E-state index contributed by atoms with van der Waals surface area (Å²) in [5.74, 6) is -1.58. The molecule has 2 aromatic heterocycles. The lowest BCUT2D eigenvalue weighted by molar-refractivity contribution is -0.150. The van der Waals surface area contributed by atoms with Crippen LogP contribution in [0.4, 0.5) is 5.13 Å². The van der Waals surface area contributed by atoms with Crippen LogP contribution in [0.2, 0.25) is 0 Å². The maximum absolute atomic E-state index is 13.0. The number of aryl methyl sites for hydroxylation is 1. The van der Waals surface area contributed by atoms with Crippen molar-refractivity contribution in [1.82, 2.24) is 20.2 Å². The molecule has 4 rings (SSSR count). The van der Waals surface area contributed by atoms with Gasteiger partial charge in [-0.25, -0.2) is 9.78 Å². The molecule has 11 nitrogen and oxygen atoms in total. The maximum Gasteiger partial charge on any atom is 0.352 e. The summed E-state index contributed by atoms with van der Waals surface area (Å²) in [6.07, 6.45) is 5.12. The molecule has 1 fully saturated rings. The van der Waals surface area contributed by atoms with Crippen LogP contribution in [0.3, 0.4) is 0 Å². The smallest absolute Gasteiger partial charge is 0.352 e. The van der Waals surface area contributed by atoms with Crippen LogP contribution in [0.15, 0.2) is 58.2 Å². The standard InChI is InChI=1S/C24H24N6O5S3/c1-3-7-35-29-17(16-12-38-24(25)27-16)20(31)28-18-21(32)30-19(23(33)34)15(11-37-22(18)30)10-36-8-6-14-5-4-13(2)26-9-14/h3-6,8-9,12,18,22H,1,7,10-11H2,2H3,(H2,25,27)(H,28,31)(H,33,34)/b8-6-,29-17-/t18?,22-/m1/s1. The number of aromatic nitrogens is 2. The fraction of sp³-hybridized carbons (Fsp3) is 0.250. The first-order valence-electron chi connectivity index (χ1n) is 11.2. The van der Waals surface area contributed by atoms with Gasteiger partial charge in [-0.05, 0) is 35.6 Å². The number of hydrogen-bond acceptors (Lipinski definition) is 11. The lowest BCUT2D eigenvalue weighted by atomic mass is 10.0. The van der Waals surface area contributed by atoms with Crippen LogP contribution in [0, 0.1) is 6.92 Å². The van der Waals surface area contributed by atoms with E-state index in [9.17, 15) is 19.5 Å². The predicted molar refractivity (Wildman–Crippen MR) is 149 cm³/mol. The lowest BCUT2D eigenvalue weighted by Gasteiger charge is -2.49. The molecule has 0 aromatic carbocycles. The van der Waals surface area contributed by atoms with Crippen molar-refractivity contribution in [3.63, 3.8) is 0 Å². The number of thioether (sulfide) groups is 2. The number of carboxylic acids is 1. The minimum atomic E-state index is -1.19. The Morgan fingerprint density at radius 3 is 2.92 bits per heavy atom. The third-order valence-electron chi connectivity index (χ3n) is 5.41. The molecule has 4 heterocycles. The molecule has 198 valence electrons. The van der Waals surface area contributed by atoms with E-state index < -0.39 is 29.2 Å². The summed E-state index contributed by atoms with van der Waals surface area (Å²) in [6.45, 7) is 5.50. The number of rotatable bonds is 11. The number of carboxylic acid groups (broad SMARTS) is 1. The van der Waals surface area contributed by atoms with Gasteiger partial charge in [0.25, 0.3) is 11.8 Å². The third kappa shape index (κ3) is 6.09. The van der Waals surface area contributed by atoms with Crippen LogP contribution in [-0.2, 0) is 19.2 Å². The van der Waals surface area contributed by atoms with Gasteiger partial charge >= 0.3 is 5.97 Å². The molecule has 2 aliphatic rings. The van der Waals surface area contributed by atoms with Crippen molar-refractivity contribution in [3.05, 3.63) is 70.0 Å². The number of nitrogens with two attached hydrogens (primary N) is 1. The van der Waals surface area contributed by atoms with Crippen molar-refractivity contribution >= 4 is 69.6 Å². The highest BCUT2D eigenvalue weighted by Crippen LogP contribution is 2.41. The number of aliphatic carboxylic acids is 1. The van der Waals surface area contributed by atoms with E-state index in [1.54, 1.807) is 11.6 Å². The Bertz CT molecular complexity index is 1340. The summed E-state index contributed by atoms with van der Waals surface area (Å²) >= 11 is 3.95. The molecule has 0 spiro atoms. The van der Waals surface area contributed by atoms with E-state index >= 15 is 0 Å². The fourth-order valence-electron chi connectivity index (χ4n) is 3.61. The average molecular weight is 573 g/mol. The third-order valence-corrected chi connectivity index (χ3v) is 8.27. The molecule has 2 atom stereocenters. The highest BCUT2D eigenvalue weighted by molar-refractivity contribution is 8.02. The van der Waals surface area contributed by atoms with Crippen LogP contribution in [0.1, 0.15) is 17.0 Å². The maximum atomic E-state index is 13.0. The minimum Gasteiger partial charge on any atom is -0.477 e. The molecule has 2 aliphatic heterocycles. The summed E-state index contributed by atoms with van der Waals surface area (Å²) in [6, 6.07) is 2.93. The largest absolute Gasteiger partial charge is 0.477 e. The van der Waals surface area contributed by atoms with E-state index in [1.165, 1.54) is 34.5 Å². The van der Waals surface area contributed by atoms with Crippen molar-refractivity contribution in [3.8, 4) is 0 Å². The summed E-state index contributed by atoms with van der Waals surface area (Å²) < 4.78 is 0. The summed E-state index contributed by atoms with van der Waals surface area (Å²) in [7, 11) is 0. The van der Waals surface area contributed by atoms with E-state index in [0.29, 0.717) is 17.1 Å². The molecule has 0 radical (unpaired) electrons. The fourth-order valence-corrected chi connectivity index (χ4v) is 6.43. The second-order valence-corrected chi connectivity index (χ2v) is 10.9. The Morgan fingerprint density at radius 1 is 1.45 bits per heavy atom. The molecule has 4 N–H and O–H groups in total. The van der Waals surface area contributed by atoms with E-state index in [4.69, 9.17) is 10.6 Å². The Hall–Kier alpha value is -3.62. The van der Waals surface area contributed by atoms with E-state index in [0.717, 1.165) is 22.6 Å². The van der Waals surface area contributed by atoms with Gasteiger partial charge in [0.2, 0.25) is 0 Å². The monoisotopic (exact) mass is 572 g/mol. The number of carbonyl (C=O) groups excluding carboxylic acids is 2. The summed E-state index contributed by atoms with van der Waals surface area (Å²) in [5, 5.41) is 19.5. The van der Waals surface area contributed by atoms with Crippen LogP contribution in [0.25, 0.3) is 6.08 Å². The number of β-lactam (4-membered cyclic amide) rings is 1. The van der Waals surface area contributed by atoms with Crippen molar-refractivity contribution in [2.24, 2.45) is 5.16 Å². The zero-order valence-electron chi connectivity index (χ0n) is 20.2. The Morgan fingerprint density at radius 2 is 2.26 bits per heavy atom. The Balaban J connectivity index is 1.44. The van der Waals surface area contributed by atoms with Gasteiger partial charge < -0.3 is 21.0 Å². The molecule has 1 saturated heterocycles. The number of oxime groups is 1. The summed E-state index contributed by atoms with van der Waals surface area (Å²) in [5.41, 5.74) is 8.19. The van der Waals surface area contributed by atoms with Crippen molar-refractivity contribution < 1.29 is 24.3 Å². The van der Waals surface area contributed by atoms with Gasteiger partial charge in [0.15, 0.2) is 10.8 Å². The van der Waals surface area contributed by atoms with Crippen LogP contribution >= 0.6 is 34.9 Å². The van der Waals surface area contributed by atoms with Gasteiger partial charge in [-0.15, -0.1) is 34.9 Å². The highest BCUT2D eigenvalue weighted by Gasteiger charge is 2.54. The van der Waals surface area contributed by atoms with Crippen molar-refractivity contribution in [2.75, 3.05) is 23.8 Å². The number of thiazole rings is 1. The lowest BCUT2D eigenvalue weighted by Crippen LogP contribution is -2.71. The number of fused-ring (bicyclic) bond motifs is 1. The predicted octanol–water partition coefficient (Wildman–Crippen LogP) is 2.48. The van der Waals surface area contributed by atoms with E-state index in [1.807, 2.05) is 30.5 Å². The normalized spacial score (nSPS) is 19.2. The molecular formula is C24H24N6O5S3. The van der Waals surface area contributed by atoms with E-state index in [2.05, 4.69) is 27.0 Å². The minimum absolute atomic E-state index is 0.0439. The number of anilines is 1. The SMILES string of the molecule is C=CCO/N=C(\C(=O)NC1C(=O)N2C(C(=O)O)=C(CS/C=C\c3ccc(C)nc3)CS[C@H]12)c1csc(N)n1. The number of hydrogen-bond donors (Lipinski definition) is 3. The van der Waals surface area contributed by atoms with Crippen LogP contribution in [0.5, 0.6) is 0 Å². The van der Waals surface area contributed by atoms with Crippen LogP contribution in [-0.4, -0.2) is 73.0 Å². The number of amides is 2. The zero-order valence-corrected chi connectivity index (χ0v) is 22.6. The Labute approximate surface area is 230 Å². The van der Waals surface area contributed by atoms with Crippen molar-refractivity contribution in [1.29, 1.82) is 0 Å². The average Bonchev–Trinajstić information content (AvgIpc) is 3.33. The van der Waals surface area contributed by atoms with Crippen LogP contribution < -0.4 is 11.1 Å². The van der Waals surface area contributed by atoms with Crippen molar-refractivity contribution in [2.45, 2.75) is 18.3 Å². The number of nitrogens with one attached hydrogen (secondary N) is 1.